The van der Waals surface area contributed by atoms with Crippen molar-refractivity contribution in [3.63, 3.8) is 0 Å². The highest BCUT2D eigenvalue weighted by atomic mass is 19.1. The van der Waals surface area contributed by atoms with Gasteiger partial charge in [0.15, 0.2) is 0 Å². The van der Waals surface area contributed by atoms with Crippen LogP contribution in [-0.2, 0) is 9.59 Å². The first-order valence-electron chi connectivity index (χ1n) is 5.84. The van der Waals surface area contributed by atoms with Crippen LogP contribution < -0.4 is 5.32 Å². The average Bonchev–Trinajstić information content (AvgIpc) is 3.12. The number of carbonyl (C=O) groups excluding carboxylic acids is 1. The third kappa shape index (κ3) is 3.29. The molecule has 1 aromatic carbocycles. The molecule has 0 unspecified atom stereocenters. The lowest BCUT2D eigenvalue weighted by molar-refractivity contribution is -0.137. The smallest absolute Gasteiger partial charge is 0.305 e. The summed E-state index contributed by atoms with van der Waals surface area (Å²) in [5, 5.41) is 11.5. The zero-order valence-electron chi connectivity index (χ0n) is 9.73. The molecule has 1 fully saturated rings. The van der Waals surface area contributed by atoms with Gasteiger partial charge in [0, 0.05) is 5.92 Å². The monoisotopic (exact) mass is 251 g/mol. The second kappa shape index (κ2) is 5.16. The Labute approximate surface area is 104 Å². The molecule has 1 atom stereocenters. The number of halogens is 1. The van der Waals surface area contributed by atoms with E-state index in [0.717, 1.165) is 12.8 Å². The molecule has 2 rings (SSSR count). The lowest BCUT2D eigenvalue weighted by Gasteiger charge is -2.17. The third-order valence-electron chi connectivity index (χ3n) is 2.92. The standard InChI is InChI=1S/C13H14FNO3/c14-10-5-3-8(4-6-10)11(7-12(16)17)15-13(18)9-1-2-9/h3-6,9,11H,1-2,7H2,(H,15,18)(H,16,17)/t11-/m1/s1. The minimum Gasteiger partial charge on any atom is -0.481 e. The normalized spacial score (nSPS) is 16.1. The van der Waals surface area contributed by atoms with Gasteiger partial charge in [-0.1, -0.05) is 12.1 Å². The topological polar surface area (TPSA) is 66.4 Å². The second-order valence-electron chi connectivity index (χ2n) is 4.48. The van der Waals surface area contributed by atoms with Crippen molar-refractivity contribution in [2.45, 2.75) is 25.3 Å². The number of aliphatic carboxylic acids is 1. The van der Waals surface area contributed by atoms with E-state index in [1.165, 1.54) is 24.3 Å². The summed E-state index contributed by atoms with van der Waals surface area (Å²) >= 11 is 0. The maximum absolute atomic E-state index is 12.8. The van der Waals surface area contributed by atoms with E-state index in [-0.39, 0.29) is 24.1 Å². The van der Waals surface area contributed by atoms with Crippen LogP contribution in [0.15, 0.2) is 24.3 Å². The Morgan fingerprint density at radius 2 is 1.94 bits per heavy atom. The van der Waals surface area contributed by atoms with Crippen LogP contribution in [0, 0.1) is 11.7 Å². The fourth-order valence-electron chi connectivity index (χ4n) is 1.76. The van der Waals surface area contributed by atoms with Crippen LogP contribution in [0.1, 0.15) is 30.9 Å². The van der Waals surface area contributed by atoms with Gasteiger partial charge in [-0.2, -0.15) is 0 Å². The fourth-order valence-corrected chi connectivity index (χ4v) is 1.76. The van der Waals surface area contributed by atoms with Crippen molar-refractivity contribution >= 4 is 11.9 Å². The van der Waals surface area contributed by atoms with Crippen molar-refractivity contribution in [1.29, 1.82) is 0 Å². The van der Waals surface area contributed by atoms with Gasteiger partial charge in [-0.25, -0.2) is 4.39 Å². The first-order valence-corrected chi connectivity index (χ1v) is 5.84. The molecule has 96 valence electrons. The van der Waals surface area contributed by atoms with Crippen LogP contribution in [0.2, 0.25) is 0 Å². The number of amides is 1. The number of carboxylic acids is 1. The van der Waals surface area contributed by atoms with Crippen molar-refractivity contribution in [3.05, 3.63) is 35.6 Å². The molecule has 0 aromatic heterocycles. The lowest BCUT2D eigenvalue weighted by Crippen LogP contribution is -2.31. The minimum absolute atomic E-state index is 0.0155. The summed E-state index contributed by atoms with van der Waals surface area (Å²) in [5.41, 5.74) is 0.604. The Bertz CT molecular complexity index is 454. The number of hydrogen-bond acceptors (Lipinski definition) is 2. The number of carboxylic acid groups (broad SMARTS) is 1. The summed E-state index contributed by atoms with van der Waals surface area (Å²) in [6, 6.07) is 4.91. The molecule has 0 radical (unpaired) electrons. The van der Waals surface area contributed by atoms with Crippen molar-refractivity contribution in [1.82, 2.24) is 5.32 Å². The molecule has 1 aromatic rings. The molecule has 4 nitrogen and oxygen atoms in total. The van der Waals surface area contributed by atoms with Crippen molar-refractivity contribution in [3.8, 4) is 0 Å². The van der Waals surface area contributed by atoms with E-state index < -0.39 is 12.0 Å². The van der Waals surface area contributed by atoms with Gasteiger partial charge in [0.25, 0.3) is 0 Å². The Morgan fingerprint density at radius 1 is 1.33 bits per heavy atom. The van der Waals surface area contributed by atoms with E-state index in [0.29, 0.717) is 5.56 Å². The van der Waals surface area contributed by atoms with Crippen LogP contribution in [-0.4, -0.2) is 17.0 Å². The van der Waals surface area contributed by atoms with E-state index in [1.54, 1.807) is 0 Å². The average molecular weight is 251 g/mol. The molecule has 0 spiro atoms. The van der Waals surface area contributed by atoms with Crippen molar-refractivity contribution in [2.75, 3.05) is 0 Å². The van der Waals surface area contributed by atoms with Gasteiger partial charge < -0.3 is 10.4 Å². The maximum Gasteiger partial charge on any atom is 0.305 e. The molecule has 1 saturated carbocycles. The molecule has 2 N–H and O–H groups in total. The first kappa shape index (κ1) is 12.5. The highest BCUT2D eigenvalue weighted by Crippen LogP contribution is 2.30. The number of nitrogens with one attached hydrogen (secondary N) is 1. The zero-order valence-corrected chi connectivity index (χ0v) is 9.73. The highest BCUT2D eigenvalue weighted by molar-refractivity contribution is 5.82. The first-order chi connectivity index (χ1) is 8.56. The summed E-state index contributed by atoms with van der Waals surface area (Å²) in [6.07, 6.45) is 1.51. The number of carbonyl (C=O) groups is 2. The van der Waals surface area contributed by atoms with Gasteiger partial charge in [-0.3, -0.25) is 9.59 Å². The van der Waals surface area contributed by atoms with E-state index in [4.69, 9.17) is 5.11 Å². The van der Waals surface area contributed by atoms with Gasteiger partial charge in [0.1, 0.15) is 5.82 Å². The van der Waals surface area contributed by atoms with Gasteiger partial charge in [0.2, 0.25) is 5.91 Å². The SMILES string of the molecule is O=C(O)C[C@@H](NC(=O)C1CC1)c1ccc(F)cc1. The molecule has 1 amide bonds. The van der Waals surface area contributed by atoms with E-state index in [1.807, 2.05) is 0 Å². The highest BCUT2D eigenvalue weighted by Gasteiger charge is 2.31. The van der Waals surface area contributed by atoms with Gasteiger partial charge in [0.05, 0.1) is 12.5 Å². The summed E-state index contributed by atoms with van der Waals surface area (Å²) in [6.45, 7) is 0. The number of benzene rings is 1. The number of hydrogen-bond donors (Lipinski definition) is 2. The summed E-state index contributed by atoms with van der Waals surface area (Å²) in [5.74, 6) is -1.49. The molecule has 0 bridgehead atoms. The van der Waals surface area contributed by atoms with Crippen molar-refractivity contribution < 1.29 is 19.1 Å². The van der Waals surface area contributed by atoms with Crippen LogP contribution in [0.5, 0.6) is 0 Å². The molecular weight excluding hydrogens is 237 g/mol. The molecule has 18 heavy (non-hydrogen) atoms. The predicted molar refractivity (Wildman–Crippen MR) is 62.3 cm³/mol. The molecular formula is C13H14FNO3. The maximum atomic E-state index is 12.8. The zero-order chi connectivity index (χ0) is 13.1. The van der Waals surface area contributed by atoms with Crippen LogP contribution in [0.3, 0.4) is 0 Å². The van der Waals surface area contributed by atoms with Crippen molar-refractivity contribution in [2.24, 2.45) is 5.92 Å². The van der Waals surface area contributed by atoms with Crippen LogP contribution in [0.25, 0.3) is 0 Å². The van der Waals surface area contributed by atoms with Gasteiger partial charge >= 0.3 is 5.97 Å². The van der Waals surface area contributed by atoms with E-state index in [9.17, 15) is 14.0 Å². The quantitative estimate of drug-likeness (QED) is 0.839. The molecule has 5 heteroatoms. The Kier molecular flexibility index (Phi) is 3.60. The third-order valence-corrected chi connectivity index (χ3v) is 2.92. The summed E-state index contributed by atoms with van der Waals surface area (Å²) in [4.78, 5) is 22.5. The second-order valence-corrected chi connectivity index (χ2v) is 4.48. The van der Waals surface area contributed by atoms with Gasteiger partial charge in [-0.05, 0) is 30.5 Å². The largest absolute Gasteiger partial charge is 0.481 e. The fraction of sp³-hybridized carbons (Fsp3) is 0.385. The number of rotatable bonds is 5. The van der Waals surface area contributed by atoms with Crippen LogP contribution in [0.4, 0.5) is 4.39 Å². The molecule has 0 saturated heterocycles. The van der Waals surface area contributed by atoms with E-state index >= 15 is 0 Å². The Morgan fingerprint density at radius 3 is 2.44 bits per heavy atom. The predicted octanol–water partition coefficient (Wildman–Crippen LogP) is 1.87. The minimum atomic E-state index is -1.000. The van der Waals surface area contributed by atoms with Gasteiger partial charge in [-0.15, -0.1) is 0 Å². The van der Waals surface area contributed by atoms with Crippen LogP contribution >= 0.6 is 0 Å². The summed E-state index contributed by atoms with van der Waals surface area (Å²) < 4.78 is 12.8. The molecule has 1 aliphatic carbocycles. The summed E-state index contributed by atoms with van der Waals surface area (Å²) in [7, 11) is 0. The molecule has 1 aliphatic rings. The molecule has 0 aliphatic heterocycles. The Hall–Kier alpha value is -1.91. The molecule has 0 heterocycles. The Balaban J connectivity index is 2.10. The lowest BCUT2D eigenvalue weighted by atomic mass is 10.0. The van der Waals surface area contributed by atoms with E-state index in [2.05, 4.69) is 5.32 Å².